The average molecular weight is 214 g/mol. The number of pyridine rings is 2. The first-order chi connectivity index (χ1) is 7.75. The minimum atomic E-state index is 0.712. The van der Waals surface area contributed by atoms with Crippen molar-refractivity contribution in [2.75, 3.05) is 11.1 Å². The highest BCUT2D eigenvalue weighted by molar-refractivity contribution is 5.48. The third-order valence-electron chi connectivity index (χ3n) is 2.38. The molecule has 0 aliphatic heterocycles. The fourth-order valence-electron chi connectivity index (χ4n) is 1.43. The molecule has 3 N–H and O–H groups in total. The molecule has 0 aliphatic rings. The van der Waals surface area contributed by atoms with E-state index in [1.54, 1.807) is 18.5 Å². The van der Waals surface area contributed by atoms with E-state index in [-0.39, 0.29) is 0 Å². The molecule has 0 saturated heterocycles. The van der Waals surface area contributed by atoms with E-state index in [9.17, 15) is 0 Å². The molecular weight excluding hydrogens is 200 g/mol. The molecule has 0 unspecified atom stereocenters. The number of nitrogens with two attached hydrogens (primary N) is 1. The predicted molar refractivity (Wildman–Crippen MR) is 65.0 cm³/mol. The third kappa shape index (κ3) is 2.48. The molecule has 0 aliphatic carbocycles. The second kappa shape index (κ2) is 4.61. The van der Waals surface area contributed by atoms with Gasteiger partial charge < -0.3 is 11.1 Å². The summed E-state index contributed by atoms with van der Waals surface area (Å²) in [4.78, 5) is 8.23. The quantitative estimate of drug-likeness (QED) is 0.820. The Balaban J connectivity index is 2.05. The summed E-state index contributed by atoms with van der Waals surface area (Å²) < 4.78 is 0. The van der Waals surface area contributed by atoms with Crippen molar-refractivity contribution in [3.8, 4) is 0 Å². The molecule has 0 aromatic carbocycles. The molecule has 0 bridgehead atoms. The van der Waals surface area contributed by atoms with Crippen LogP contribution in [0.5, 0.6) is 0 Å². The van der Waals surface area contributed by atoms with Crippen molar-refractivity contribution in [3.63, 3.8) is 0 Å². The van der Waals surface area contributed by atoms with Crippen molar-refractivity contribution < 1.29 is 0 Å². The van der Waals surface area contributed by atoms with E-state index < -0.39 is 0 Å². The van der Waals surface area contributed by atoms with E-state index in [1.807, 2.05) is 25.3 Å². The zero-order valence-corrected chi connectivity index (χ0v) is 9.14. The van der Waals surface area contributed by atoms with E-state index in [4.69, 9.17) is 5.73 Å². The Kier molecular flexibility index (Phi) is 3.00. The van der Waals surface area contributed by atoms with Crippen molar-refractivity contribution in [1.82, 2.24) is 9.97 Å². The summed E-state index contributed by atoms with van der Waals surface area (Å²) >= 11 is 0. The fraction of sp³-hybridized carbons (Fsp3) is 0.167. The van der Waals surface area contributed by atoms with Crippen molar-refractivity contribution in [2.45, 2.75) is 13.5 Å². The minimum absolute atomic E-state index is 0.712. The van der Waals surface area contributed by atoms with Crippen LogP contribution in [-0.4, -0.2) is 9.97 Å². The topological polar surface area (TPSA) is 63.8 Å². The molecule has 16 heavy (non-hydrogen) atoms. The first kappa shape index (κ1) is 10.4. The number of rotatable bonds is 3. The summed E-state index contributed by atoms with van der Waals surface area (Å²) in [6.07, 6.45) is 5.33. The highest BCUT2D eigenvalue weighted by Crippen LogP contribution is 2.11. The lowest BCUT2D eigenvalue weighted by atomic mass is 10.1. The van der Waals surface area contributed by atoms with Crippen LogP contribution in [0.2, 0.25) is 0 Å². The van der Waals surface area contributed by atoms with E-state index in [0.29, 0.717) is 5.69 Å². The van der Waals surface area contributed by atoms with Gasteiger partial charge in [0.15, 0.2) is 0 Å². The summed E-state index contributed by atoms with van der Waals surface area (Å²) in [6, 6.07) is 5.58. The number of aromatic nitrogens is 2. The lowest BCUT2D eigenvalue weighted by Gasteiger charge is -2.07. The number of nitrogens with zero attached hydrogens (tertiary/aromatic N) is 2. The second-order valence-corrected chi connectivity index (χ2v) is 3.63. The van der Waals surface area contributed by atoms with Crippen LogP contribution in [0.3, 0.4) is 0 Å². The Morgan fingerprint density at radius 3 is 2.94 bits per heavy atom. The molecule has 0 amide bonds. The molecule has 0 spiro atoms. The standard InChI is InChI=1S/C12H14N4/c1-9-7-14-4-2-10(9)8-16-12-6-11(13)3-5-15-12/h2-7H,8H2,1H3,(H3,13,15,16). The number of anilines is 2. The molecule has 2 aromatic rings. The van der Waals surface area contributed by atoms with Crippen molar-refractivity contribution >= 4 is 11.5 Å². The number of nitrogen functional groups attached to an aromatic ring is 1. The van der Waals surface area contributed by atoms with Gasteiger partial charge in [-0.15, -0.1) is 0 Å². The van der Waals surface area contributed by atoms with Crippen molar-refractivity contribution in [3.05, 3.63) is 47.9 Å². The van der Waals surface area contributed by atoms with Crippen LogP contribution < -0.4 is 11.1 Å². The summed E-state index contributed by atoms with van der Waals surface area (Å²) in [5, 5.41) is 3.22. The third-order valence-corrected chi connectivity index (χ3v) is 2.38. The largest absolute Gasteiger partial charge is 0.399 e. The predicted octanol–water partition coefficient (Wildman–Crippen LogP) is 1.98. The van der Waals surface area contributed by atoms with Gasteiger partial charge in [-0.3, -0.25) is 4.98 Å². The molecule has 0 saturated carbocycles. The summed E-state index contributed by atoms with van der Waals surface area (Å²) in [5.74, 6) is 0.788. The Bertz CT molecular complexity index is 482. The maximum absolute atomic E-state index is 5.67. The normalized spacial score (nSPS) is 10.1. The Morgan fingerprint density at radius 2 is 2.19 bits per heavy atom. The van der Waals surface area contributed by atoms with Gasteiger partial charge in [0, 0.05) is 36.9 Å². The lowest BCUT2D eigenvalue weighted by molar-refractivity contribution is 1.07. The molecule has 0 atom stereocenters. The van der Waals surface area contributed by atoms with Crippen LogP contribution >= 0.6 is 0 Å². The first-order valence-corrected chi connectivity index (χ1v) is 5.10. The Labute approximate surface area is 94.5 Å². The molecule has 4 nitrogen and oxygen atoms in total. The molecular formula is C12H14N4. The molecule has 0 radical (unpaired) electrons. The van der Waals surface area contributed by atoms with Crippen molar-refractivity contribution in [1.29, 1.82) is 0 Å². The Hall–Kier alpha value is -2.10. The maximum Gasteiger partial charge on any atom is 0.128 e. The zero-order valence-electron chi connectivity index (χ0n) is 9.14. The van der Waals surface area contributed by atoms with E-state index in [2.05, 4.69) is 15.3 Å². The smallest absolute Gasteiger partial charge is 0.128 e. The van der Waals surface area contributed by atoms with Crippen LogP contribution in [0.4, 0.5) is 11.5 Å². The SMILES string of the molecule is Cc1cnccc1CNc1cc(N)ccn1. The number of hydrogen-bond acceptors (Lipinski definition) is 4. The van der Waals surface area contributed by atoms with Crippen LogP contribution in [-0.2, 0) is 6.54 Å². The molecule has 0 fully saturated rings. The van der Waals surface area contributed by atoms with E-state index >= 15 is 0 Å². The van der Waals surface area contributed by atoms with Gasteiger partial charge in [-0.2, -0.15) is 0 Å². The number of hydrogen-bond donors (Lipinski definition) is 2. The van der Waals surface area contributed by atoms with Gasteiger partial charge >= 0.3 is 0 Å². The molecule has 2 rings (SSSR count). The minimum Gasteiger partial charge on any atom is -0.399 e. The van der Waals surface area contributed by atoms with Gasteiger partial charge in [0.1, 0.15) is 5.82 Å². The van der Waals surface area contributed by atoms with Crippen LogP contribution in [0, 0.1) is 6.92 Å². The van der Waals surface area contributed by atoms with Gasteiger partial charge in [-0.05, 0) is 30.2 Å². The van der Waals surface area contributed by atoms with Gasteiger partial charge in [0.2, 0.25) is 0 Å². The molecule has 4 heteroatoms. The van der Waals surface area contributed by atoms with Crippen LogP contribution in [0.25, 0.3) is 0 Å². The average Bonchev–Trinajstić information content (AvgIpc) is 2.28. The first-order valence-electron chi connectivity index (χ1n) is 5.10. The maximum atomic E-state index is 5.67. The summed E-state index contributed by atoms with van der Waals surface area (Å²) in [5.41, 5.74) is 8.75. The van der Waals surface area contributed by atoms with Crippen molar-refractivity contribution in [2.24, 2.45) is 0 Å². The van der Waals surface area contributed by atoms with Gasteiger partial charge in [0.05, 0.1) is 0 Å². The second-order valence-electron chi connectivity index (χ2n) is 3.63. The van der Waals surface area contributed by atoms with Crippen LogP contribution in [0.1, 0.15) is 11.1 Å². The molecule has 2 heterocycles. The van der Waals surface area contributed by atoms with Crippen LogP contribution in [0.15, 0.2) is 36.8 Å². The van der Waals surface area contributed by atoms with E-state index in [0.717, 1.165) is 12.4 Å². The Morgan fingerprint density at radius 1 is 1.31 bits per heavy atom. The van der Waals surface area contributed by atoms with Gasteiger partial charge in [-0.25, -0.2) is 4.98 Å². The molecule has 82 valence electrons. The monoisotopic (exact) mass is 214 g/mol. The van der Waals surface area contributed by atoms with Gasteiger partial charge in [-0.1, -0.05) is 0 Å². The summed E-state index contributed by atoms with van der Waals surface area (Å²) in [7, 11) is 0. The van der Waals surface area contributed by atoms with Gasteiger partial charge in [0.25, 0.3) is 0 Å². The fourth-order valence-corrected chi connectivity index (χ4v) is 1.43. The molecule has 2 aromatic heterocycles. The number of aryl methyl sites for hydroxylation is 1. The summed E-state index contributed by atoms with van der Waals surface area (Å²) in [6.45, 7) is 2.77. The zero-order chi connectivity index (χ0) is 11.4. The highest BCUT2D eigenvalue weighted by Gasteiger charge is 1.98. The lowest BCUT2D eigenvalue weighted by Crippen LogP contribution is -2.03. The van der Waals surface area contributed by atoms with E-state index in [1.165, 1.54) is 11.1 Å². The highest BCUT2D eigenvalue weighted by atomic mass is 15.0. The number of nitrogens with one attached hydrogen (secondary N) is 1.